The van der Waals surface area contributed by atoms with Crippen molar-refractivity contribution in [3.8, 4) is 0 Å². The predicted octanol–water partition coefficient (Wildman–Crippen LogP) is 0.644. The normalized spacial score (nSPS) is 12.3. The van der Waals surface area contributed by atoms with Crippen LogP contribution in [0.2, 0.25) is 0 Å². The summed E-state index contributed by atoms with van der Waals surface area (Å²) in [5, 5.41) is 16.7. The van der Waals surface area contributed by atoms with Crippen LogP contribution in [0.25, 0.3) is 0 Å². The van der Waals surface area contributed by atoms with Gasteiger partial charge in [0.2, 0.25) is 5.91 Å². The van der Waals surface area contributed by atoms with Crippen molar-refractivity contribution in [3.05, 3.63) is 22.7 Å². The zero-order valence-electron chi connectivity index (χ0n) is 10.9. The summed E-state index contributed by atoms with van der Waals surface area (Å²) in [5.41, 5.74) is 0. The molecule has 0 aliphatic rings. The molecule has 1 N–H and O–H groups in total. The van der Waals surface area contributed by atoms with Gasteiger partial charge >= 0.3 is 0 Å². The summed E-state index contributed by atoms with van der Waals surface area (Å²) >= 11 is 1.53. The van der Waals surface area contributed by atoms with Crippen LogP contribution in [0.4, 0.5) is 0 Å². The summed E-state index contributed by atoms with van der Waals surface area (Å²) < 4.78 is 1.64. The summed E-state index contributed by atoms with van der Waals surface area (Å²) in [6.07, 6.45) is 3.93. The van der Waals surface area contributed by atoms with Gasteiger partial charge in [-0.1, -0.05) is 25.2 Å². The molecule has 0 aromatic carbocycles. The average molecular weight is 280 g/mol. The Bertz CT molecular complexity index is 523. The van der Waals surface area contributed by atoms with Crippen molar-refractivity contribution in [2.45, 2.75) is 33.4 Å². The summed E-state index contributed by atoms with van der Waals surface area (Å²) in [6.45, 7) is 4.83. The molecule has 102 valence electrons. The monoisotopic (exact) mass is 280 g/mol. The third kappa shape index (κ3) is 3.82. The van der Waals surface area contributed by atoms with Crippen molar-refractivity contribution in [1.82, 2.24) is 30.3 Å². The smallest absolute Gasteiger partial charge is 0.225 e. The van der Waals surface area contributed by atoms with E-state index >= 15 is 0 Å². The van der Waals surface area contributed by atoms with E-state index in [1.165, 1.54) is 17.7 Å². The van der Waals surface area contributed by atoms with Crippen LogP contribution in [0.3, 0.4) is 0 Å². The summed E-state index contributed by atoms with van der Waals surface area (Å²) in [5.74, 6) is -0.191. The maximum absolute atomic E-state index is 11.9. The van der Waals surface area contributed by atoms with Gasteiger partial charge in [0.1, 0.15) is 22.7 Å². The molecular formula is C11H16N6OS. The fourth-order valence-corrected chi connectivity index (χ4v) is 2.25. The second-order valence-corrected chi connectivity index (χ2v) is 5.33. The van der Waals surface area contributed by atoms with Crippen molar-refractivity contribution >= 4 is 17.2 Å². The number of hydrogen-bond donors (Lipinski definition) is 1. The molecule has 0 saturated heterocycles. The molecule has 2 rings (SSSR count). The summed E-state index contributed by atoms with van der Waals surface area (Å²) in [6, 6.07) is 0. The van der Waals surface area contributed by atoms with Crippen molar-refractivity contribution in [2.75, 3.05) is 0 Å². The van der Waals surface area contributed by atoms with Gasteiger partial charge in [-0.15, -0.1) is 10.2 Å². The Kier molecular flexibility index (Phi) is 4.56. The molecule has 2 heterocycles. The minimum absolute atomic E-state index is 0.0243. The first-order chi connectivity index (χ1) is 9.19. The van der Waals surface area contributed by atoms with Gasteiger partial charge in [0, 0.05) is 0 Å². The van der Waals surface area contributed by atoms with E-state index in [4.69, 9.17) is 0 Å². The fourth-order valence-electron chi connectivity index (χ4n) is 1.53. The molecular weight excluding hydrogens is 264 g/mol. The maximum Gasteiger partial charge on any atom is 0.225 e. The van der Waals surface area contributed by atoms with Crippen LogP contribution in [-0.2, 0) is 24.3 Å². The van der Waals surface area contributed by atoms with Crippen LogP contribution in [0, 0.1) is 5.92 Å². The van der Waals surface area contributed by atoms with Crippen molar-refractivity contribution in [1.29, 1.82) is 0 Å². The summed E-state index contributed by atoms with van der Waals surface area (Å²) in [7, 11) is 0. The molecule has 2 aromatic rings. The van der Waals surface area contributed by atoms with Crippen LogP contribution >= 0.6 is 11.3 Å². The van der Waals surface area contributed by atoms with Crippen LogP contribution in [0.15, 0.2) is 12.7 Å². The molecule has 2 aromatic heterocycles. The third-order valence-electron chi connectivity index (χ3n) is 2.60. The Hall–Kier alpha value is -1.83. The lowest BCUT2D eigenvalue weighted by Crippen LogP contribution is -2.31. The van der Waals surface area contributed by atoms with E-state index in [0.29, 0.717) is 13.1 Å². The number of nitrogens with one attached hydrogen (secondary N) is 1. The minimum atomic E-state index is -0.166. The van der Waals surface area contributed by atoms with Crippen LogP contribution in [-0.4, -0.2) is 30.9 Å². The Labute approximate surface area is 115 Å². The van der Waals surface area contributed by atoms with Gasteiger partial charge in [-0.2, -0.15) is 5.10 Å². The molecule has 0 aliphatic heterocycles. The first-order valence-electron chi connectivity index (χ1n) is 6.10. The molecule has 0 spiro atoms. The van der Waals surface area contributed by atoms with Crippen LogP contribution < -0.4 is 5.32 Å². The van der Waals surface area contributed by atoms with Crippen molar-refractivity contribution in [3.63, 3.8) is 0 Å². The zero-order valence-corrected chi connectivity index (χ0v) is 11.7. The van der Waals surface area contributed by atoms with Gasteiger partial charge in [-0.05, 0) is 6.42 Å². The van der Waals surface area contributed by atoms with Gasteiger partial charge in [-0.25, -0.2) is 4.98 Å². The molecule has 0 radical (unpaired) electrons. The molecule has 7 nitrogen and oxygen atoms in total. The van der Waals surface area contributed by atoms with E-state index in [-0.39, 0.29) is 11.8 Å². The van der Waals surface area contributed by atoms with Gasteiger partial charge in [0.05, 0.1) is 19.0 Å². The molecule has 1 unspecified atom stereocenters. The van der Waals surface area contributed by atoms with Gasteiger partial charge < -0.3 is 5.32 Å². The van der Waals surface area contributed by atoms with Crippen molar-refractivity contribution < 1.29 is 4.79 Å². The second kappa shape index (κ2) is 6.37. The number of aromatic nitrogens is 5. The molecule has 1 amide bonds. The molecule has 0 aliphatic carbocycles. The minimum Gasteiger partial charge on any atom is -0.349 e. The lowest BCUT2D eigenvalue weighted by molar-refractivity contribution is -0.125. The highest BCUT2D eigenvalue weighted by Crippen LogP contribution is 2.10. The number of carbonyl (C=O) groups excluding carboxylic acids is 1. The Morgan fingerprint density at radius 2 is 2.26 bits per heavy atom. The van der Waals surface area contributed by atoms with E-state index in [1.807, 2.05) is 13.8 Å². The molecule has 1 atom stereocenters. The quantitative estimate of drug-likeness (QED) is 0.839. The van der Waals surface area contributed by atoms with Gasteiger partial charge in [-0.3, -0.25) is 9.48 Å². The Balaban J connectivity index is 1.80. The molecule has 0 saturated carbocycles. The molecule has 0 bridgehead atoms. The van der Waals surface area contributed by atoms with E-state index in [9.17, 15) is 4.79 Å². The average Bonchev–Trinajstić information content (AvgIpc) is 3.06. The third-order valence-corrected chi connectivity index (χ3v) is 3.67. The number of aryl methyl sites for hydroxylation is 1. The SMILES string of the molecule is CCc1nnc(CNC(=O)C(C)Cn2cncn2)s1. The number of rotatable bonds is 6. The zero-order chi connectivity index (χ0) is 13.7. The molecule has 8 heteroatoms. The summed E-state index contributed by atoms with van der Waals surface area (Å²) in [4.78, 5) is 15.7. The maximum atomic E-state index is 11.9. The highest BCUT2D eigenvalue weighted by Gasteiger charge is 2.14. The first kappa shape index (κ1) is 13.6. The predicted molar refractivity (Wildman–Crippen MR) is 70.3 cm³/mol. The highest BCUT2D eigenvalue weighted by atomic mass is 32.1. The number of hydrogen-bond acceptors (Lipinski definition) is 6. The first-order valence-corrected chi connectivity index (χ1v) is 6.92. The Morgan fingerprint density at radius 3 is 2.89 bits per heavy atom. The molecule has 0 fully saturated rings. The van der Waals surface area contributed by atoms with E-state index in [2.05, 4.69) is 25.6 Å². The fraction of sp³-hybridized carbons (Fsp3) is 0.545. The van der Waals surface area contributed by atoms with Gasteiger partial charge in [0.15, 0.2) is 0 Å². The Morgan fingerprint density at radius 1 is 1.47 bits per heavy atom. The molecule has 19 heavy (non-hydrogen) atoms. The van der Waals surface area contributed by atoms with Crippen molar-refractivity contribution in [2.24, 2.45) is 5.92 Å². The lowest BCUT2D eigenvalue weighted by atomic mass is 10.1. The van der Waals surface area contributed by atoms with E-state index in [1.54, 1.807) is 11.0 Å². The van der Waals surface area contributed by atoms with E-state index in [0.717, 1.165) is 16.4 Å². The van der Waals surface area contributed by atoms with E-state index < -0.39 is 0 Å². The van der Waals surface area contributed by atoms with Gasteiger partial charge in [0.25, 0.3) is 0 Å². The number of amides is 1. The number of carbonyl (C=O) groups is 1. The highest BCUT2D eigenvalue weighted by molar-refractivity contribution is 7.11. The number of nitrogens with zero attached hydrogens (tertiary/aromatic N) is 5. The standard InChI is InChI=1S/C11H16N6OS/c1-3-9-15-16-10(19-9)4-13-11(18)8(2)5-17-7-12-6-14-17/h6-8H,3-5H2,1-2H3,(H,13,18). The lowest BCUT2D eigenvalue weighted by Gasteiger charge is -2.10. The van der Waals surface area contributed by atoms with Crippen LogP contribution in [0.1, 0.15) is 23.9 Å². The topological polar surface area (TPSA) is 85.6 Å². The largest absolute Gasteiger partial charge is 0.349 e. The second-order valence-electron chi connectivity index (χ2n) is 4.18. The van der Waals surface area contributed by atoms with Crippen LogP contribution in [0.5, 0.6) is 0 Å².